The van der Waals surface area contributed by atoms with E-state index in [0.717, 1.165) is 12.1 Å². The first-order chi connectivity index (χ1) is 10.0. The molecule has 5 nitrogen and oxygen atoms in total. The second kappa shape index (κ2) is 9.23. The summed E-state index contributed by atoms with van der Waals surface area (Å²) in [5.41, 5.74) is 0.973. The Labute approximate surface area is 131 Å². The Morgan fingerprint density at radius 1 is 1.29 bits per heavy atom. The molecule has 0 heterocycles. The minimum atomic E-state index is 0.0875. The van der Waals surface area contributed by atoms with Gasteiger partial charge in [-0.25, -0.2) is 4.99 Å². The maximum Gasteiger partial charge on any atom is 0.223 e. The topological polar surface area (TPSA) is 56.7 Å². The van der Waals surface area contributed by atoms with Crippen LogP contribution in [0.4, 0.5) is 0 Å². The number of hydrogen-bond donors (Lipinski definition) is 2. The van der Waals surface area contributed by atoms with Gasteiger partial charge in [0.15, 0.2) is 5.96 Å². The van der Waals surface area contributed by atoms with Crippen LogP contribution in [-0.4, -0.2) is 44.0 Å². The van der Waals surface area contributed by atoms with Crippen molar-refractivity contribution in [2.24, 2.45) is 4.99 Å². The number of rotatable bonds is 6. The Kier molecular flexibility index (Phi) is 7.61. The molecule has 0 aromatic heterocycles. The van der Waals surface area contributed by atoms with Crippen molar-refractivity contribution in [1.82, 2.24) is 15.5 Å². The van der Waals surface area contributed by atoms with Crippen molar-refractivity contribution < 1.29 is 4.79 Å². The van der Waals surface area contributed by atoms with E-state index in [0.29, 0.717) is 30.5 Å². The van der Waals surface area contributed by atoms with Crippen LogP contribution in [0.15, 0.2) is 29.3 Å². The summed E-state index contributed by atoms with van der Waals surface area (Å²) >= 11 is 6.11. The number of carbonyl (C=O) groups excluding carboxylic acids is 1. The van der Waals surface area contributed by atoms with Gasteiger partial charge in [0, 0.05) is 38.6 Å². The van der Waals surface area contributed by atoms with Crippen molar-refractivity contribution in [3.05, 3.63) is 34.9 Å². The van der Waals surface area contributed by atoms with Gasteiger partial charge in [-0.1, -0.05) is 29.8 Å². The number of halogens is 1. The van der Waals surface area contributed by atoms with E-state index in [2.05, 4.69) is 15.6 Å². The molecule has 1 aromatic carbocycles. The summed E-state index contributed by atoms with van der Waals surface area (Å²) < 4.78 is 0. The molecule has 1 rings (SSSR count). The molecular formula is C15H23ClN4O. The van der Waals surface area contributed by atoms with Crippen LogP contribution in [0.25, 0.3) is 0 Å². The summed E-state index contributed by atoms with van der Waals surface area (Å²) in [4.78, 5) is 17.6. The molecule has 0 unspecified atom stereocenters. The number of amides is 1. The molecule has 6 heteroatoms. The normalized spacial score (nSPS) is 11.1. The zero-order valence-corrected chi connectivity index (χ0v) is 13.6. The molecule has 1 amide bonds. The van der Waals surface area contributed by atoms with Crippen molar-refractivity contribution in [2.75, 3.05) is 27.2 Å². The molecule has 0 fully saturated rings. The Bertz CT molecular complexity index is 488. The second-order valence-electron chi connectivity index (χ2n) is 4.75. The number of guanidine groups is 1. The molecular weight excluding hydrogens is 288 g/mol. The van der Waals surface area contributed by atoms with Gasteiger partial charge in [-0.15, -0.1) is 0 Å². The molecule has 116 valence electrons. The number of nitrogens with zero attached hydrogens (tertiary/aromatic N) is 2. The lowest BCUT2D eigenvalue weighted by atomic mass is 10.2. The highest BCUT2D eigenvalue weighted by molar-refractivity contribution is 6.31. The monoisotopic (exact) mass is 310 g/mol. The van der Waals surface area contributed by atoms with Crippen LogP contribution in [-0.2, 0) is 11.3 Å². The first-order valence-electron chi connectivity index (χ1n) is 7.00. The van der Waals surface area contributed by atoms with Gasteiger partial charge >= 0.3 is 0 Å². The number of aliphatic imine (C=N–C) groups is 1. The van der Waals surface area contributed by atoms with E-state index in [1.807, 2.05) is 31.2 Å². The van der Waals surface area contributed by atoms with Gasteiger partial charge in [0.1, 0.15) is 0 Å². The highest BCUT2D eigenvalue weighted by Crippen LogP contribution is 2.15. The zero-order valence-electron chi connectivity index (χ0n) is 12.8. The number of hydrogen-bond acceptors (Lipinski definition) is 2. The lowest BCUT2D eigenvalue weighted by Gasteiger charge is -2.13. The third kappa shape index (κ3) is 6.49. The number of benzene rings is 1. The zero-order chi connectivity index (χ0) is 15.7. The standard InChI is InChI=1S/C15H23ClN4O/c1-4-17-15(18-10-9-14(21)20(2)3)19-11-12-7-5-6-8-13(12)16/h5-8H,4,9-11H2,1-3H3,(H2,17,18,19). The van der Waals surface area contributed by atoms with E-state index in [1.54, 1.807) is 19.0 Å². The smallest absolute Gasteiger partial charge is 0.223 e. The summed E-state index contributed by atoms with van der Waals surface area (Å²) in [5.74, 6) is 0.772. The van der Waals surface area contributed by atoms with E-state index in [1.165, 1.54) is 0 Å². The van der Waals surface area contributed by atoms with Gasteiger partial charge in [-0.3, -0.25) is 4.79 Å². The molecule has 0 atom stereocenters. The van der Waals surface area contributed by atoms with E-state index in [4.69, 9.17) is 11.6 Å². The molecule has 1 aromatic rings. The third-order valence-electron chi connectivity index (χ3n) is 2.84. The van der Waals surface area contributed by atoms with Crippen LogP contribution >= 0.6 is 11.6 Å². The average Bonchev–Trinajstić information content (AvgIpc) is 2.45. The molecule has 0 aliphatic carbocycles. The van der Waals surface area contributed by atoms with Gasteiger partial charge in [-0.2, -0.15) is 0 Å². The van der Waals surface area contributed by atoms with Crippen LogP contribution in [0.5, 0.6) is 0 Å². The maximum absolute atomic E-state index is 11.5. The fourth-order valence-corrected chi connectivity index (χ4v) is 1.84. The van der Waals surface area contributed by atoms with Gasteiger partial charge in [0.25, 0.3) is 0 Å². The van der Waals surface area contributed by atoms with Crippen LogP contribution in [0.2, 0.25) is 5.02 Å². The lowest BCUT2D eigenvalue weighted by molar-refractivity contribution is -0.128. The van der Waals surface area contributed by atoms with E-state index in [9.17, 15) is 4.79 Å². The Balaban J connectivity index is 2.54. The molecule has 0 radical (unpaired) electrons. The van der Waals surface area contributed by atoms with E-state index in [-0.39, 0.29) is 5.91 Å². The van der Waals surface area contributed by atoms with Crippen LogP contribution in [0, 0.1) is 0 Å². The minimum absolute atomic E-state index is 0.0875. The predicted molar refractivity (Wildman–Crippen MR) is 87.6 cm³/mol. The third-order valence-corrected chi connectivity index (χ3v) is 3.21. The molecule has 0 spiro atoms. The van der Waals surface area contributed by atoms with E-state index >= 15 is 0 Å². The highest BCUT2D eigenvalue weighted by atomic mass is 35.5. The van der Waals surface area contributed by atoms with Crippen molar-refractivity contribution in [1.29, 1.82) is 0 Å². The molecule has 2 N–H and O–H groups in total. The van der Waals surface area contributed by atoms with Crippen molar-refractivity contribution >= 4 is 23.5 Å². The first kappa shape index (κ1) is 17.3. The van der Waals surface area contributed by atoms with Gasteiger partial charge in [-0.05, 0) is 18.6 Å². The Hall–Kier alpha value is -1.75. The molecule has 0 bridgehead atoms. The summed E-state index contributed by atoms with van der Waals surface area (Å²) in [6, 6.07) is 7.63. The van der Waals surface area contributed by atoms with Crippen LogP contribution < -0.4 is 10.6 Å². The van der Waals surface area contributed by atoms with Crippen molar-refractivity contribution in [3.8, 4) is 0 Å². The van der Waals surface area contributed by atoms with Crippen molar-refractivity contribution in [3.63, 3.8) is 0 Å². The van der Waals surface area contributed by atoms with Gasteiger partial charge in [0.05, 0.1) is 6.54 Å². The molecule has 0 saturated heterocycles. The fraction of sp³-hybridized carbons (Fsp3) is 0.467. The SMILES string of the molecule is CCNC(=NCc1ccccc1Cl)NCCC(=O)N(C)C. The molecule has 21 heavy (non-hydrogen) atoms. The van der Waals surface area contributed by atoms with Crippen molar-refractivity contribution in [2.45, 2.75) is 19.9 Å². The second-order valence-corrected chi connectivity index (χ2v) is 5.16. The Morgan fingerprint density at radius 3 is 2.62 bits per heavy atom. The Morgan fingerprint density at radius 2 is 2.00 bits per heavy atom. The quantitative estimate of drug-likeness (QED) is 0.623. The number of carbonyl (C=O) groups is 1. The van der Waals surface area contributed by atoms with Crippen LogP contribution in [0.3, 0.4) is 0 Å². The lowest BCUT2D eigenvalue weighted by Crippen LogP contribution is -2.39. The number of nitrogens with one attached hydrogen (secondary N) is 2. The van der Waals surface area contributed by atoms with Crippen LogP contribution in [0.1, 0.15) is 18.9 Å². The summed E-state index contributed by atoms with van der Waals surface area (Å²) in [6.07, 6.45) is 0.434. The average molecular weight is 311 g/mol. The van der Waals surface area contributed by atoms with Gasteiger partial charge < -0.3 is 15.5 Å². The maximum atomic E-state index is 11.5. The predicted octanol–water partition coefficient (Wildman–Crippen LogP) is 1.87. The highest BCUT2D eigenvalue weighted by Gasteiger charge is 2.04. The van der Waals surface area contributed by atoms with Gasteiger partial charge in [0.2, 0.25) is 5.91 Å². The largest absolute Gasteiger partial charge is 0.357 e. The summed E-state index contributed by atoms with van der Waals surface area (Å²) in [5, 5.41) is 7.00. The minimum Gasteiger partial charge on any atom is -0.357 e. The fourth-order valence-electron chi connectivity index (χ4n) is 1.64. The summed E-state index contributed by atoms with van der Waals surface area (Å²) in [7, 11) is 3.50. The molecule has 0 aliphatic rings. The first-order valence-corrected chi connectivity index (χ1v) is 7.38. The molecule has 0 saturated carbocycles. The van der Waals surface area contributed by atoms with E-state index < -0.39 is 0 Å². The summed E-state index contributed by atoms with van der Waals surface area (Å²) in [6.45, 7) is 3.80. The molecule has 0 aliphatic heterocycles.